The summed E-state index contributed by atoms with van der Waals surface area (Å²) >= 11 is 0. The highest BCUT2D eigenvalue weighted by Crippen LogP contribution is 2.49. The van der Waals surface area contributed by atoms with Gasteiger partial charge in [-0.3, -0.25) is 18.8 Å². The molecule has 3 saturated heterocycles. The molecule has 4 fully saturated rings. The Balaban J connectivity index is 1.30. The summed E-state index contributed by atoms with van der Waals surface area (Å²) in [6.45, 7) is 6.42. The van der Waals surface area contributed by atoms with Gasteiger partial charge in [0.15, 0.2) is 0 Å². The number of piperidine rings is 1. The number of nitrogens with one attached hydrogen (secondary N) is 2. The van der Waals surface area contributed by atoms with Crippen molar-refractivity contribution >= 4 is 5.52 Å². The van der Waals surface area contributed by atoms with E-state index in [1.165, 1.54) is 16.7 Å². The molecule has 3 aliphatic heterocycles. The molecular formula is C29H42F4N6O2. The molecule has 5 heterocycles. The van der Waals surface area contributed by atoms with Crippen LogP contribution in [0.15, 0.2) is 23.3 Å². The minimum absolute atomic E-state index is 0.0107. The maximum atomic E-state index is 14.4. The third-order valence-corrected chi connectivity index (χ3v) is 10.4. The highest BCUT2D eigenvalue weighted by atomic mass is 19.4. The summed E-state index contributed by atoms with van der Waals surface area (Å²) in [5.41, 5.74) is 4.33. The number of nitrogens with zero attached hydrogens (tertiary/aromatic N) is 4. The summed E-state index contributed by atoms with van der Waals surface area (Å²) in [5.74, 6) is 0.318. The molecule has 41 heavy (non-hydrogen) atoms. The maximum Gasteiger partial charge on any atom is 0.418 e. The fourth-order valence-electron chi connectivity index (χ4n) is 7.49. The Morgan fingerprint density at radius 2 is 1.90 bits per heavy atom. The third-order valence-electron chi connectivity index (χ3n) is 10.4. The third kappa shape index (κ3) is 5.46. The maximum absolute atomic E-state index is 14.4. The van der Waals surface area contributed by atoms with Crippen LogP contribution in [0.1, 0.15) is 82.0 Å². The van der Waals surface area contributed by atoms with E-state index in [9.17, 15) is 22.4 Å². The van der Waals surface area contributed by atoms with Gasteiger partial charge in [-0.1, -0.05) is 6.42 Å². The van der Waals surface area contributed by atoms with Crippen molar-refractivity contribution < 1.29 is 22.3 Å². The smallest absolute Gasteiger partial charge is 0.380 e. The van der Waals surface area contributed by atoms with Crippen LogP contribution in [0.2, 0.25) is 0 Å². The van der Waals surface area contributed by atoms with Gasteiger partial charge in [0.25, 0.3) is 0 Å². The fourth-order valence-corrected chi connectivity index (χ4v) is 7.49. The van der Waals surface area contributed by atoms with Gasteiger partial charge in [-0.15, -0.1) is 0 Å². The fraction of sp³-hybridized carbons (Fsp3) is 0.759. The van der Waals surface area contributed by atoms with Crippen molar-refractivity contribution in [2.75, 3.05) is 40.0 Å². The molecule has 2 N–H and O–H groups in total. The van der Waals surface area contributed by atoms with Crippen LogP contribution in [0.5, 0.6) is 0 Å². The number of likely N-dealkylation sites (tertiary alicyclic amines) is 1. The lowest BCUT2D eigenvalue weighted by Crippen LogP contribution is -2.54. The lowest BCUT2D eigenvalue weighted by molar-refractivity contribution is -0.167. The van der Waals surface area contributed by atoms with E-state index in [0.29, 0.717) is 50.6 Å². The summed E-state index contributed by atoms with van der Waals surface area (Å²) < 4.78 is 65.9. The summed E-state index contributed by atoms with van der Waals surface area (Å²) in [6, 6.07) is 0.634. The van der Waals surface area contributed by atoms with Gasteiger partial charge in [0.1, 0.15) is 5.67 Å². The van der Waals surface area contributed by atoms with Gasteiger partial charge in [-0.25, -0.2) is 20.0 Å². The predicted molar refractivity (Wildman–Crippen MR) is 147 cm³/mol. The summed E-state index contributed by atoms with van der Waals surface area (Å²) in [6.07, 6.45) is 3.57. The van der Waals surface area contributed by atoms with E-state index >= 15 is 0 Å². The van der Waals surface area contributed by atoms with Crippen molar-refractivity contribution in [3.8, 4) is 0 Å². The van der Waals surface area contributed by atoms with E-state index in [-0.39, 0.29) is 29.2 Å². The second kappa shape index (κ2) is 10.6. The van der Waals surface area contributed by atoms with Crippen molar-refractivity contribution in [3.05, 3.63) is 40.1 Å². The van der Waals surface area contributed by atoms with Crippen molar-refractivity contribution in [1.82, 2.24) is 29.6 Å². The van der Waals surface area contributed by atoms with Crippen molar-refractivity contribution in [2.45, 2.75) is 88.9 Å². The SMILES string of the molecule is C[C@@H](c1cc(C(F)(F)F)c2cn(C3CCCC(C4(CC5NNCN5C)COC4)C3)c(=O)n2c1)N1CCC(C)(F)CC1. The minimum Gasteiger partial charge on any atom is -0.380 e. The number of halogens is 4. The Morgan fingerprint density at radius 1 is 1.17 bits per heavy atom. The monoisotopic (exact) mass is 582 g/mol. The lowest BCUT2D eigenvalue weighted by Gasteiger charge is -2.51. The highest BCUT2D eigenvalue weighted by Gasteiger charge is 2.49. The molecule has 6 rings (SSSR count). The highest BCUT2D eigenvalue weighted by molar-refractivity contribution is 5.56. The van der Waals surface area contributed by atoms with Crippen LogP contribution in [0.25, 0.3) is 5.52 Å². The Labute approximate surface area is 238 Å². The van der Waals surface area contributed by atoms with E-state index in [1.54, 1.807) is 17.7 Å². The van der Waals surface area contributed by atoms with Crippen LogP contribution in [0.4, 0.5) is 17.6 Å². The molecule has 0 aromatic carbocycles. The number of alkyl halides is 4. The Bertz CT molecular complexity index is 1310. The first-order valence-electron chi connectivity index (χ1n) is 14.9. The van der Waals surface area contributed by atoms with E-state index in [2.05, 4.69) is 22.8 Å². The number of hydrogen-bond acceptors (Lipinski definition) is 6. The summed E-state index contributed by atoms with van der Waals surface area (Å²) in [5, 5.41) is 0. The zero-order valence-corrected chi connectivity index (χ0v) is 24.1. The van der Waals surface area contributed by atoms with Crippen molar-refractivity contribution in [1.29, 1.82) is 0 Å². The quantitative estimate of drug-likeness (QED) is 0.491. The first-order valence-corrected chi connectivity index (χ1v) is 14.9. The average molecular weight is 583 g/mol. The molecule has 0 bridgehead atoms. The van der Waals surface area contributed by atoms with Crippen LogP contribution < -0.4 is 16.5 Å². The lowest BCUT2D eigenvalue weighted by atomic mass is 9.64. The Morgan fingerprint density at radius 3 is 2.51 bits per heavy atom. The van der Waals surface area contributed by atoms with Crippen LogP contribution in [-0.4, -0.2) is 70.6 Å². The standard InChI is InChI=1S/C29H42F4N6O2/c1-19(37-9-7-27(2,30)8-10-37)20-11-23(29(31,32)33)24-15-38(26(40)39(24)14-20)22-6-4-5-21(12-22)28(16-41-17-28)13-25-35-34-18-36(25)3/h11,14-15,19,21-22,25,34-35H,4-10,12-13,16-18H2,1-3H3/t19-,21?,22?,25?/m0/s1. The molecule has 4 atom stereocenters. The Kier molecular flexibility index (Phi) is 7.54. The topological polar surface area (TPSA) is 66.2 Å². The van der Waals surface area contributed by atoms with Gasteiger partial charge >= 0.3 is 11.9 Å². The first kappa shape index (κ1) is 29.1. The average Bonchev–Trinajstić information content (AvgIpc) is 3.46. The van der Waals surface area contributed by atoms with Crippen LogP contribution in [0, 0.1) is 11.3 Å². The molecular weight excluding hydrogens is 540 g/mol. The van der Waals surface area contributed by atoms with E-state index in [1.807, 2.05) is 11.8 Å². The molecule has 4 aliphatic rings. The molecule has 0 spiro atoms. The number of hydrogen-bond donors (Lipinski definition) is 2. The molecule has 0 radical (unpaired) electrons. The van der Waals surface area contributed by atoms with Gasteiger partial charge in [-0.05, 0) is 77.0 Å². The number of fused-ring (bicyclic) bond motifs is 1. The molecule has 0 amide bonds. The summed E-state index contributed by atoms with van der Waals surface area (Å²) in [7, 11) is 2.07. The molecule has 12 heteroatoms. The number of hydrazine groups is 1. The van der Waals surface area contributed by atoms with Crippen molar-refractivity contribution in [2.24, 2.45) is 11.3 Å². The number of rotatable bonds is 6. The molecule has 3 unspecified atom stereocenters. The predicted octanol–water partition coefficient (Wildman–Crippen LogP) is 4.47. The van der Waals surface area contributed by atoms with Gasteiger partial charge in [0.05, 0.1) is 37.1 Å². The molecule has 1 aliphatic carbocycles. The first-order chi connectivity index (χ1) is 19.4. The van der Waals surface area contributed by atoms with Crippen LogP contribution >= 0.6 is 0 Å². The van der Waals surface area contributed by atoms with Gasteiger partial charge in [0.2, 0.25) is 0 Å². The number of pyridine rings is 1. The van der Waals surface area contributed by atoms with Crippen molar-refractivity contribution in [3.63, 3.8) is 0 Å². The van der Waals surface area contributed by atoms with E-state index < -0.39 is 23.1 Å². The number of ether oxygens (including phenoxy) is 1. The van der Waals surface area contributed by atoms with Gasteiger partial charge < -0.3 is 4.74 Å². The van der Waals surface area contributed by atoms with Gasteiger partial charge in [0, 0.05) is 43.0 Å². The van der Waals surface area contributed by atoms with Crippen LogP contribution in [-0.2, 0) is 10.9 Å². The second-order valence-corrected chi connectivity index (χ2v) is 13.2. The molecule has 2 aromatic rings. The molecule has 228 valence electrons. The Hall–Kier alpha value is -1.99. The molecule has 2 aromatic heterocycles. The molecule has 1 saturated carbocycles. The van der Waals surface area contributed by atoms with E-state index in [0.717, 1.165) is 38.8 Å². The number of imidazole rings is 1. The van der Waals surface area contributed by atoms with Crippen LogP contribution in [0.3, 0.4) is 0 Å². The summed E-state index contributed by atoms with van der Waals surface area (Å²) in [4.78, 5) is 18.0. The normalized spacial score (nSPS) is 30.0. The zero-order chi connectivity index (χ0) is 29.2. The molecule has 8 nitrogen and oxygen atoms in total. The van der Waals surface area contributed by atoms with E-state index in [4.69, 9.17) is 4.74 Å². The largest absolute Gasteiger partial charge is 0.418 e. The minimum atomic E-state index is -4.62. The van der Waals surface area contributed by atoms with Gasteiger partial charge in [-0.2, -0.15) is 13.2 Å². The number of aromatic nitrogens is 2. The second-order valence-electron chi connectivity index (χ2n) is 13.2. The zero-order valence-electron chi connectivity index (χ0n) is 24.1.